The van der Waals surface area contributed by atoms with Gasteiger partial charge in [0.1, 0.15) is 0 Å². The van der Waals surface area contributed by atoms with Crippen molar-refractivity contribution < 1.29 is 23.9 Å². The van der Waals surface area contributed by atoms with Gasteiger partial charge in [0, 0.05) is 23.8 Å². The molecule has 0 bridgehead atoms. The third-order valence-electron chi connectivity index (χ3n) is 5.95. The topological polar surface area (TPSA) is 72.9 Å². The fourth-order valence-electron chi connectivity index (χ4n) is 4.04. The number of methoxy groups -OCH3 is 2. The Hall–Kier alpha value is -3.67. The molecule has 0 saturated heterocycles. The smallest absolute Gasteiger partial charge is 0.330 e. The number of carbonyl (C=O) groups is 3. The van der Waals surface area contributed by atoms with E-state index < -0.39 is 11.9 Å². The molecule has 2 aromatic rings. The Morgan fingerprint density at radius 3 is 2.09 bits per heavy atom. The maximum absolute atomic E-state index is 13.6. The van der Waals surface area contributed by atoms with Gasteiger partial charge >= 0.3 is 11.9 Å². The van der Waals surface area contributed by atoms with E-state index in [4.69, 9.17) is 0 Å². The number of hydrogen-bond donors (Lipinski definition) is 0. The molecule has 178 valence electrons. The van der Waals surface area contributed by atoms with Gasteiger partial charge in [-0.3, -0.25) is 4.79 Å². The zero-order valence-electron chi connectivity index (χ0n) is 19.7. The van der Waals surface area contributed by atoms with Crippen LogP contribution in [0, 0.1) is 5.92 Å². The van der Waals surface area contributed by atoms with Crippen LogP contribution in [0.2, 0.25) is 0 Å². The summed E-state index contributed by atoms with van der Waals surface area (Å²) >= 11 is 0. The summed E-state index contributed by atoms with van der Waals surface area (Å²) in [5, 5.41) is 0. The van der Waals surface area contributed by atoms with Crippen molar-refractivity contribution in [1.82, 2.24) is 0 Å². The van der Waals surface area contributed by atoms with E-state index in [1.54, 1.807) is 12.2 Å². The Labute approximate surface area is 200 Å². The number of esters is 2. The molecule has 0 heterocycles. The molecule has 6 heteroatoms. The molecule has 1 amide bonds. The average Bonchev–Trinajstić information content (AvgIpc) is 2.89. The van der Waals surface area contributed by atoms with Crippen molar-refractivity contribution in [3.05, 3.63) is 77.4 Å². The number of carbonyl (C=O) groups excluding carboxylic acids is 3. The molecule has 1 fully saturated rings. The molecule has 1 saturated carbocycles. The maximum Gasteiger partial charge on any atom is 0.330 e. The number of ether oxygens (including phenoxy) is 2. The lowest BCUT2D eigenvalue weighted by Gasteiger charge is -2.30. The highest BCUT2D eigenvalue weighted by atomic mass is 16.5. The Morgan fingerprint density at radius 1 is 0.853 bits per heavy atom. The van der Waals surface area contributed by atoms with Gasteiger partial charge < -0.3 is 14.4 Å². The first kappa shape index (κ1) is 25.0. The number of nitrogens with zero attached hydrogens (tertiary/aromatic N) is 1. The quantitative estimate of drug-likeness (QED) is 0.400. The maximum atomic E-state index is 13.6. The minimum atomic E-state index is -0.429. The summed E-state index contributed by atoms with van der Waals surface area (Å²) in [6.07, 6.45) is 11.3. The number of benzene rings is 2. The molecule has 0 unspecified atom stereocenters. The Balaban J connectivity index is 1.85. The second kappa shape index (κ2) is 12.5. The van der Waals surface area contributed by atoms with Crippen LogP contribution < -0.4 is 4.90 Å². The van der Waals surface area contributed by atoms with Gasteiger partial charge in [-0.15, -0.1) is 0 Å². The third kappa shape index (κ3) is 7.17. The van der Waals surface area contributed by atoms with Gasteiger partial charge in [-0.25, -0.2) is 9.59 Å². The van der Waals surface area contributed by atoms with Crippen molar-refractivity contribution in [3.8, 4) is 0 Å². The van der Waals surface area contributed by atoms with E-state index >= 15 is 0 Å². The molecule has 0 aliphatic heterocycles. The zero-order chi connectivity index (χ0) is 24.3. The zero-order valence-corrected chi connectivity index (χ0v) is 19.7. The fraction of sp³-hybridized carbons (Fsp3) is 0.321. The number of rotatable bonds is 8. The lowest BCUT2D eigenvalue weighted by Crippen LogP contribution is -2.36. The Morgan fingerprint density at radius 2 is 1.47 bits per heavy atom. The van der Waals surface area contributed by atoms with E-state index in [1.165, 1.54) is 32.8 Å². The SMILES string of the molecule is COC(=O)/C=C/c1ccc(CN(C(=O)C2CCCCC2)c2cccc(/C=C/C(=O)OC)c2)cc1. The lowest BCUT2D eigenvalue weighted by atomic mass is 9.88. The highest BCUT2D eigenvalue weighted by Gasteiger charge is 2.27. The standard InChI is InChI=1S/C28H31NO5/c1-33-26(30)17-15-21-11-13-23(14-12-21)20-29(28(32)24-8-4-3-5-9-24)25-10-6-7-22(19-25)16-18-27(31)34-2/h6-7,10-19,24H,3-5,8-9,20H2,1-2H3/b17-15+,18-16+. The summed E-state index contributed by atoms with van der Waals surface area (Å²) in [6.45, 7) is 0.431. The van der Waals surface area contributed by atoms with Gasteiger partial charge in [-0.05, 0) is 53.8 Å². The molecule has 0 radical (unpaired) electrons. The molecule has 6 nitrogen and oxygen atoms in total. The van der Waals surface area contributed by atoms with Crippen molar-refractivity contribution in [2.24, 2.45) is 5.92 Å². The summed E-state index contributed by atoms with van der Waals surface area (Å²) < 4.78 is 9.30. The van der Waals surface area contributed by atoms with Crippen LogP contribution in [0.1, 0.15) is 48.8 Å². The molecular weight excluding hydrogens is 430 g/mol. The monoisotopic (exact) mass is 461 g/mol. The van der Waals surface area contributed by atoms with E-state index in [9.17, 15) is 14.4 Å². The van der Waals surface area contributed by atoms with Crippen molar-refractivity contribution in [2.75, 3.05) is 19.1 Å². The van der Waals surface area contributed by atoms with Gasteiger partial charge in [0.15, 0.2) is 0 Å². The largest absolute Gasteiger partial charge is 0.466 e. The van der Waals surface area contributed by atoms with E-state index in [-0.39, 0.29) is 11.8 Å². The van der Waals surface area contributed by atoms with Crippen molar-refractivity contribution in [3.63, 3.8) is 0 Å². The molecular formula is C28H31NO5. The predicted molar refractivity (Wildman–Crippen MR) is 133 cm³/mol. The van der Waals surface area contributed by atoms with Crippen LogP contribution in [0.15, 0.2) is 60.7 Å². The summed E-state index contributed by atoms with van der Waals surface area (Å²) in [5.74, 6) is -0.690. The van der Waals surface area contributed by atoms with Crippen LogP contribution in [0.4, 0.5) is 5.69 Å². The molecule has 0 aromatic heterocycles. The molecule has 0 N–H and O–H groups in total. The van der Waals surface area contributed by atoms with Crippen LogP contribution in [-0.4, -0.2) is 32.1 Å². The van der Waals surface area contributed by atoms with Crippen LogP contribution in [-0.2, 0) is 30.4 Å². The van der Waals surface area contributed by atoms with Gasteiger partial charge in [-0.1, -0.05) is 55.7 Å². The van der Waals surface area contributed by atoms with E-state index in [0.29, 0.717) is 6.54 Å². The first-order chi connectivity index (χ1) is 16.5. The van der Waals surface area contributed by atoms with E-state index in [1.807, 2.05) is 53.4 Å². The van der Waals surface area contributed by atoms with Gasteiger partial charge in [-0.2, -0.15) is 0 Å². The first-order valence-corrected chi connectivity index (χ1v) is 11.5. The molecule has 2 aromatic carbocycles. The molecule has 0 spiro atoms. The Bertz CT molecular complexity index is 1050. The molecule has 0 atom stereocenters. The van der Waals surface area contributed by atoms with Crippen LogP contribution >= 0.6 is 0 Å². The summed E-state index contributed by atoms with van der Waals surface area (Å²) in [6, 6.07) is 15.3. The van der Waals surface area contributed by atoms with Gasteiger partial charge in [0.2, 0.25) is 5.91 Å². The highest BCUT2D eigenvalue weighted by Crippen LogP contribution is 2.29. The molecule has 1 aliphatic carbocycles. The number of amides is 1. The molecule has 3 rings (SSSR count). The molecule has 34 heavy (non-hydrogen) atoms. The van der Waals surface area contributed by atoms with Crippen LogP contribution in [0.25, 0.3) is 12.2 Å². The summed E-state index contributed by atoms with van der Waals surface area (Å²) in [4.78, 5) is 38.2. The molecule has 1 aliphatic rings. The first-order valence-electron chi connectivity index (χ1n) is 11.5. The third-order valence-corrected chi connectivity index (χ3v) is 5.95. The van der Waals surface area contributed by atoms with Crippen molar-refractivity contribution in [2.45, 2.75) is 38.6 Å². The minimum Gasteiger partial charge on any atom is -0.466 e. The number of anilines is 1. The minimum absolute atomic E-state index is 0.0188. The van der Waals surface area contributed by atoms with Crippen LogP contribution in [0.3, 0.4) is 0 Å². The fourth-order valence-corrected chi connectivity index (χ4v) is 4.04. The van der Waals surface area contributed by atoms with E-state index in [0.717, 1.165) is 48.1 Å². The predicted octanol–water partition coefficient (Wildman–Crippen LogP) is 5.17. The number of hydrogen-bond acceptors (Lipinski definition) is 5. The highest BCUT2D eigenvalue weighted by molar-refractivity contribution is 5.95. The lowest BCUT2D eigenvalue weighted by molar-refractivity contribution is -0.135. The second-order valence-electron chi connectivity index (χ2n) is 8.31. The Kier molecular flexibility index (Phi) is 9.21. The van der Waals surface area contributed by atoms with Gasteiger partial charge in [0.05, 0.1) is 20.8 Å². The summed E-state index contributed by atoms with van der Waals surface area (Å²) in [7, 11) is 2.68. The average molecular weight is 462 g/mol. The van der Waals surface area contributed by atoms with Gasteiger partial charge in [0.25, 0.3) is 0 Å². The van der Waals surface area contributed by atoms with Crippen molar-refractivity contribution >= 4 is 35.7 Å². The van der Waals surface area contributed by atoms with Crippen molar-refractivity contribution in [1.29, 1.82) is 0 Å². The summed E-state index contributed by atoms with van der Waals surface area (Å²) in [5.41, 5.74) is 3.45. The second-order valence-corrected chi connectivity index (χ2v) is 8.31. The normalized spacial score (nSPS) is 14.3. The van der Waals surface area contributed by atoms with E-state index in [2.05, 4.69) is 9.47 Å². The van der Waals surface area contributed by atoms with Crippen LogP contribution in [0.5, 0.6) is 0 Å².